The van der Waals surface area contributed by atoms with E-state index in [2.05, 4.69) is 20.2 Å². The van der Waals surface area contributed by atoms with Crippen molar-refractivity contribution in [2.24, 2.45) is 13.0 Å². The number of aromatic nitrogens is 4. The number of aryl methyl sites for hydroxylation is 3. The average Bonchev–Trinajstić information content (AvgIpc) is 3.16. The Labute approximate surface area is 203 Å². The molecule has 0 saturated carbocycles. The van der Waals surface area contributed by atoms with Gasteiger partial charge in [0.15, 0.2) is 11.2 Å². The lowest BCUT2D eigenvalue weighted by atomic mass is 9.96. The summed E-state index contributed by atoms with van der Waals surface area (Å²) < 4.78 is 17.0. The zero-order valence-electron chi connectivity index (χ0n) is 20.6. The number of imidazole rings is 1. The number of H-pyrrole nitrogens is 1. The second kappa shape index (κ2) is 10.6. The topological polar surface area (TPSA) is 105 Å². The number of nitrogens with zero attached hydrogens (tertiary/aromatic N) is 4. The number of carbonyl (C=O) groups is 1. The van der Waals surface area contributed by atoms with Crippen molar-refractivity contribution in [3.05, 3.63) is 61.8 Å². The molecule has 1 aromatic carbocycles. The minimum absolute atomic E-state index is 0.0140. The van der Waals surface area contributed by atoms with Crippen molar-refractivity contribution in [1.82, 2.24) is 29.3 Å². The van der Waals surface area contributed by atoms with Gasteiger partial charge >= 0.3 is 5.69 Å². The van der Waals surface area contributed by atoms with E-state index >= 15 is 0 Å². The van der Waals surface area contributed by atoms with Crippen LogP contribution in [0.5, 0.6) is 0 Å². The number of hydrogen-bond donors (Lipinski definition) is 2. The molecule has 1 aliphatic rings. The second-order valence-electron chi connectivity index (χ2n) is 9.38. The molecule has 0 radical (unpaired) electrons. The van der Waals surface area contributed by atoms with Crippen molar-refractivity contribution < 1.29 is 9.18 Å². The fourth-order valence-electron chi connectivity index (χ4n) is 4.59. The molecular weight excluding hydrogens is 451 g/mol. The Morgan fingerprint density at radius 1 is 1.26 bits per heavy atom. The van der Waals surface area contributed by atoms with Crippen LogP contribution in [0.4, 0.5) is 4.39 Å². The fraction of sp³-hybridized carbons (Fsp3) is 0.520. The average molecular weight is 485 g/mol. The molecule has 10 heteroatoms. The first-order valence-corrected chi connectivity index (χ1v) is 12.2. The van der Waals surface area contributed by atoms with Crippen LogP contribution in [-0.4, -0.2) is 43.0 Å². The van der Waals surface area contributed by atoms with Crippen LogP contribution in [0.3, 0.4) is 0 Å². The van der Waals surface area contributed by atoms with Crippen molar-refractivity contribution in [3.63, 3.8) is 0 Å². The number of halogens is 1. The van der Waals surface area contributed by atoms with Crippen LogP contribution in [0.2, 0.25) is 0 Å². The molecule has 0 atom stereocenters. The van der Waals surface area contributed by atoms with Crippen LogP contribution >= 0.6 is 0 Å². The van der Waals surface area contributed by atoms with Gasteiger partial charge in [-0.1, -0.05) is 25.5 Å². The molecule has 2 aromatic heterocycles. The maximum atomic E-state index is 13.7. The van der Waals surface area contributed by atoms with Crippen molar-refractivity contribution >= 4 is 17.1 Å². The van der Waals surface area contributed by atoms with Gasteiger partial charge in [0.05, 0.1) is 6.54 Å². The van der Waals surface area contributed by atoms with E-state index in [9.17, 15) is 18.8 Å². The normalized spacial score (nSPS) is 15.1. The molecule has 0 spiro atoms. The van der Waals surface area contributed by atoms with Gasteiger partial charge in [-0.15, -0.1) is 0 Å². The van der Waals surface area contributed by atoms with Crippen LogP contribution in [0, 0.1) is 18.7 Å². The van der Waals surface area contributed by atoms with Crippen LogP contribution in [0.25, 0.3) is 11.2 Å². The number of piperidine rings is 1. The van der Waals surface area contributed by atoms with Crippen LogP contribution < -0.4 is 16.6 Å². The molecule has 1 amide bonds. The van der Waals surface area contributed by atoms with Crippen molar-refractivity contribution in [2.45, 2.75) is 59.2 Å². The molecule has 188 valence electrons. The highest BCUT2D eigenvalue weighted by Crippen LogP contribution is 2.20. The number of rotatable bonds is 8. The van der Waals surface area contributed by atoms with E-state index in [4.69, 9.17) is 0 Å². The molecule has 35 heavy (non-hydrogen) atoms. The SMILES string of the molecule is CCCCn1c(=O)[nH]c(=O)c2c1nc(CN1CCC(C(=O)NCc3ccc(C)c(F)c3)CC1)n2C. The van der Waals surface area contributed by atoms with E-state index in [0.29, 0.717) is 55.0 Å². The standard InChI is InChI=1S/C25H33FN6O3/c1-4-5-10-32-22-21(24(34)29-25(32)35)30(3)20(28-22)15-31-11-8-18(9-12-31)23(33)27-14-17-7-6-16(2)19(26)13-17/h6-7,13,18H,4-5,8-12,14-15H2,1-3H3,(H,27,33)(H,29,34,35). The lowest BCUT2D eigenvalue weighted by Gasteiger charge is -2.30. The van der Waals surface area contributed by atoms with Crippen molar-refractivity contribution in [2.75, 3.05) is 13.1 Å². The van der Waals surface area contributed by atoms with Gasteiger partial charge in [0.25, 0.3) is 5.56 Å². The highest BCUT2D eigenvalue weighted by Gasteiger charge is 2.26. The molecule has 9 nitrogen and oxygen atoms in total. The summed E-state index contributed by atoms with van der Waals surface area (Å²) in [6.45, 7) is 6.55. The molecule has 4 rings (SSSR count). The third-order valence-electron chi connectivity index (χ3n) is 6.87. The molecule has 0 aliphatic carbocycles. The molecule has 0 bridgehead atoms. The number of benzene rings is 1. The van der Waals surface area contributed by atoms with Gasteiger partial charge in [0.1, 0.15) is 11.6 Å². The van der Waals surface area contributed by atoms with Crippen LogP contribution in [0.1, 0.15) is 49.6 Å². The number of amides is 1. The van der Waals surface area contributed by atoms with Gasteiger partial charge in [0.2, 0.25) is 5.91 Å². The summed E-state index contributed by atoms with van der Waals surface area (Å²) in [7, 11) is 1.79. The highest BCUT2D eigenvalue weighted by molar-refractivity contribution is 5.78. The predicted molar refractivity (Wildman–Crippen MR) is 131 cm³/mol. The van der Waals surface area contributed by atoms with E-state index in [1.54, 1.807) is 29.2 Å². The van der Waals surface area contributed by atoms with Gasteiger partial charge < -0.3 is 9.88 Å². The lowest BCUT2D eigenvalue weighted by molar-refractivity contribution is -0.126. The fourth-order valence-corrected chi connectivity index (χ4v) is 4.59. The molecule has 3 aromatic rings. The minimum atomic E-state index is -0.430. The number of likely N-dealkylation sites (tertiary alicyclic amines) is 1. The van der Waals surface area contributed by atoms with E-state index in [-0.39, 0.29) is 17.6 Å². The summed E-state index contributed by atoms with van der Waals surface area (Å²) in [5.41, 5.74) is 1.29. The molecule has 1 saturated heterocycles. The summed E-state index contributed by atoms with van der Waals surface area (Å²) in [4.78, 5) is 46.7. The molecule has 3 heterocycles. The summed E-state index contributed by atoms with van der Waals surface area (Å²) >= 11 is 0. The molecule has 1 aliphatic heterocycles. The Balaban J connectivity index is 1.38. The van der Waals surface area contributed by atoms with Crippen LogP contribution in [-0.2, 0) is 31.5 Å². The van der Waals surface area contributed by atoms with Gasteiger partial charge in [-0.2, -0.15) is 0 Å². The number of hydrogen-bond acceptors (Lipinski definition) is 5. The Bertz CT molecular complexity index is 1330. The molecule has 0 unspecified atom stereocenters. The number of carbonyl (C=O) groups excluding carboxylic acids is 1. The first kappa shape index (κ1) is 24.8. The summed E-state index contributed by atoms with van der Waals surface area (Å²) in [6, 6.07) is 5.00. The zero-order chi connectivity index (χ0) is 25.1. The van der Waals surface area contributed by atoms with E-state index < -0.39 is 11.2 Å². The summed E-state index contributed by atoms with van der Waals surface area (Å²) in [5.74, 6) is 0.339. The maximum absolute atomic E-state index is 13.7. The highest BCUT2D eigenvalue weighted by atomic mass is 19.1. The first-order chi connectivity index (χ1) is 16.8. The Hall–Kier alpha value is -3.27. The number of fused-ring (bicyclic) bond motifs is 1. The van der Waals surface area contributed by atoms with Gasteiger partial charge in [-0.3, -0.25) is 24.0 Å². The van der Waals surface area contributed by atoms with Crippen LogP contribution in [0.15, 0.2) is 27.8 Å². The van der Waals surface area contributed by atoms with Crippen molar-refractivity contribution in [1.29, 1.82) is 0 Å². The van der Waals surface area contributed by atoms with Crippen molar-refractivity contribution in [3.8, 4) is 0 Å². The number of nitrogens with one attached hydrogen (secondary N) is 2. The summed E-state index contributed by atoms with van der Waals surface area (Å²) in [6.07, 6.45) is 3.16. The number of unbranched alkanes of at least 4 members (excludes halogenated alkanes) is 1. The Morgan fingerprint density at radius 2 is 2.00 bits per heavy atom. The zero-order valence-corrected chi connectivity index (χ0v) is 20.6. The third kappa shape index (κ3) is 5.37. The molecular formula is C25H33FN6O3. The largest absolute Gasteiger partial charge is 0.352 e. The molecule has 2 N–H and O–H groups in total. The smallest absolute Gasteiger partial charge is 0.330 e. The minimum Gasteiger partial charge on any atom is -0.352 e. The number of aromatic amines is 1. The first-order valence-electron chi connectivity index (χ1n) is 12.2. The van der Waals surface area contributed by atoms with Gasteiger partial charge in [-0.05, 0) is 56.5 Å². The maximum Gasteiger partial charge on any atom is 0.330 e. The van der Waals surface area contributed by atoms with E-state index in [1.807, 2.05) is 13.0 Å². The quantitative estimate of drug-likeness (QED) is 0.510. The second-order valence-corrected chi connectivity index (χ2v) is 9.38. The Morgan fingerprint density at radius 3 is 2.69 bits per heavy atom. The van der Waals surface area contributed by atoms with Gasteiger partial charge in [-0.25, -0.2) is 14.2 Å². The molecule has 1 fully saturated rings. The third-order valence-corrected chi connectivity index (χ3v) is 6.87. The lowest BCUT2D eigenvalue weighted by Crippen LogP contribution is -2.40. The summed E-state index contributed by atoms with van der Waals surface area (Å²) in [5, 5.41) is 2.93. The van der Waals surface area contributed by atoms with Gasteiger partial charge in [0, 0.05) is 26.1 Å². The Kier molecular flexibility index (Phi) is 7.49. The predicted octanol–water partition coefficient (Wildman–Crippen LogP) is 2.20. The van der Waals surface area contributed by atoms with E-state index in [0.717, 1.165) is 31.5 Å². The monoisotopic (exact) mass is 484 g/mol. The van der Waals surface area contributed by atoms with E-state index in [1.165, 1.54) is 6.07 Å².